The lowest BCUT2D eigenvalue weighted by Crippen LogP contribution is -2.43. The number of likely N-dealkylation sites (N-methyl/N-ethyl adjacent to an activating group) is 1. The van der Waals surface area contributed by atoms with Crippen LogP contribution in [0.5, 0.6) is 0 Å². The SMILES string of the molecule is CCOC(=O)NC(=O)CN(CC)CC(=O)Nc1ccc(N2CCCC2)cc1. The van der Waals surface area contributed by atoms with E-state index in [2.05, 4.69) is 20.3 Å². The second kappa shape index (κ2) is 10.5. The van der Waals surface area contributed by atoms with Gasteiger partial charge in [-0.05, 0) is 50.6 Å². The molecule has 1 aromatic carbocycles. The minimum absolute atomic E-state index is 0.0562. The van der Waals surface area contributed by atoms with Crippen molar-refractivity contribution in [3.05, 3.63) is 24.3 Å². The van der Waals surface area contributed by atoms with E-state index in [9.17, 15) is 14.4 Å². The molecule has 8 nitrogen and oxygen atoms in total. The molecule has 27 heavy (non-hydrogen) atoms. The van der Waals surface area contributed by atoms with Gasteiger partial charge in [-0.2, -0.15) is 0 Å². The highest BCUT2D eigenvalue weighted by Crippen LogP contribution is 2.21. The summed E-state index contributed by atoms with van der Waals surface area (Å²) in [5, 5.41) is 4.96. The van der Waals surface area contributed by atoms with Crippen molar-refractivity contribution in [3.8, 4) is 0 Å². The van der Waals surface area contributed by atoms with Crippen LogP contribution in [0, 0.1) is 0 Å². The number of alkyl carbamates (subject to hydrolysis) is 1. The van der Waals surface area contributed by atoms with Gasteiger partial charge in [-0.25, -0.2) is 4.79 Å². The number of rotatable bonds is 8. The summed E-state index contributed by atoms with van der Waals surface area (Å²) in [5.41, 5.74) is 1.88. The predicted octanol–water partition coefficient (Wildman–Crippen LogP) is 1.82. The molecule has 148 valence electrons. The molecule has 1 aliphatic heterocycles. The third-order valence-electron chi connectivity index (χ3n) is 4.32. The molecule has 2 N–H and O–H groups in total. The third kappa shape index (κ3) is 6.90. The Bertz CT molecular complexity index is 642. The first kappa shape index (κ1) is 20.7. The quantitative estimate of drug-likeness (QED) is 0.719. The van der Waals surface area contributed by atoms with Crippen LogP contribution >= 0.6 is 0 Å². The maximum absolute atomic E-state index is 12.2. The van der Waals surface area contributed by atoms with Crippen molar-refractivity contribution in [3.63, 3.8) is 0 Å². The zero-order valence-electron chi connectivity index (χ0n) is 16.0. The van der Waals surface area contributed by atoms with E-state index in [1.165, 1.54) is 12.8 Å². The Hall–Kier alpha value is -2.61. The maximum atomic E-state index is 12.2. The molecule has 1 aliphatic rings. The van der Waals surface area contributed by atoms with Crippen LogP contribution in [0.3, 0.4) is 0 Å². The van der Waals surface area contributed by atoms with Crippen LogP contribution in [0.4, 0.5) is 16.2 Å². The van der Waals surface area contributed by atoms with Crippen LogP contribution in [-0.4, -0.2) is 62.1 Å². The van der Waals surface area contributed by atoms with Crippen LogP contribution in [0.15, 0.2) is 24.3 Å². The topological polar surface area (TPSA) is 91.0 Å². The Morgan fingerprint density at radius 1 is 1.04 bits per heavy atom. The summed E-state index contributed by atoms with van der Waals surface area (Å²) in [7, 11) is 0. The minimum Gasteiger partial charge on any atom is -0.450 e. The lowest BCUT2D eigenvalue weighted by Gasteiger charge is -2.20. The largest absolute Gasteiger partial charge is 0.450 e. The van der Waals surface area contributed by atoms with Gasteiger partial charge in [-0.1, -0.05) is 6.92 Å². The van der Waals surface area contributed by atoms with Gasteiger partial charge >= 0.3 is 6.09 Å². The predicted molar refractivity (Wildman–Crippen MR) is 104 cm³/mol. The van der Waals surface area contributed by atoms with Crippen LogP contribution in [-0.2, 0) is 14.3 Å². The number of hydrogen-bond donors (Lipinski definition) is 2. The summed E-state index contributed by atoms with van der Waals surface area (Å²) in [5.74, 6) is -0.715. The van der Waals surface area contributed by atoms with Crippen molar-refractivity contribution >= 4 is 29.3 Å². The summed E-state index contributed by atoms with van der Waals surface area (Å²) in [4.78, 5) is 39.3. The molecule has 8 heteroatoms. The van der Waals surface area contributed by atoms with Gasteiger partial charge in [0.2, 0.25) is 11.8 Å². The average molecular weight is 376 g/mol. The van der Waals surface area contributed by atoms with Gasteiger partial charge in [0.05, 0.1) is 19.7 Å². The number of nitrogens with zero attached hydrogens (tertiary/aromatic N) is 2. The number of carbonyl (C=O) groups is 3. The molecule has 0 unspecified atom stereocenters. The van der Waals surface area contributed by atoms with E-state index in [1.54, 1.807) is 11.8 Å². The van der Waals surface area contributed by atoms with Gasteiger partial charge in [0.15, 0.2) is 0 Å². The van der Waals surface area contributed by atoms with Crippen LogP contribution in [0.25, 0.3) is 0 Å². The molecule has 1 saturated heterocycles. The van der Waals surface area contributed by atoms with E-state index >= 15 is 0 Å². The average Bonchev–Trinajstić information content (AvgIpc) is 3.16. The fourth-order valence-corrected chi connectivity index (χ4v) is 2.94. The second-order valence-electron chi connectivity index (χ2n) is 6.36. The van der Waals surface area contributed by atoms with E-state index in [4.69, 9.17) is 0 Å². The summed E-state index contributed by atoms with van der Waals surface area (Å²) >= 11 is 0. The first-order valence-corrected chi connectivity index (χ1v) is 9.35. The Morgan fingerprint density at radius 3 is 2.26 bits per heavy atom. The molecule has 0 spiro atoms. The van der Waals surface area contributed by atoms with Gasteiger partial charge in [-0.3, -0.25) is 19.8 Å². The summed E-state index contributed by atoms with van der Waals surface area (Å²) in [6.07, 6.45) is 1.66. The molecule has 2 rings (SSSR count). The molecule has 0 atom stereocenters. The van der Waals surface area contributed by atoms with Gasteiger partial charge in [-0.15, -0.1) is 0 Å². The molecule has 0 saturated carbocycles. The Kier molecular flexibility index (Phi) is 8.06. The maximum Gasteiger partial charge on any atom is 0.413 e. The molecule has 1 fully saturated rings. The molecule has 1 aromatic rings. The van der Waals surface area contributed by atoms with Crippen molar-refractivity contribution in [2.24, 2.45) is 0 Å². The first-order chi connectivity index (χ1) is 13.0. The monoisotopic (exact) mass is 376 g/mol. The molecular formula is C19H28N4O4. The van der Waals surface area contributed by atoms with Crippen molar-refractivity contribution in [1.29, 1.82) is 0 Å². The van der Waals surface area contributed by atoms with Crippen molar-refractivity contribution < 1.29 is 19.1 Å². The van der Waals surface area contributed by atoms with Crippen molar-refractivity contribution in [1.82, 2.24) is 10.2 Å². The number of ether oxygens (including phenoxy) is 1. The van der Waals surface area contributed by atoms with E-state index in [0.29, 0.717) is 6.54 Å². The van der Waals surface area contributed by atoms with Crippen molar-refractivity contribution in [2.75, 3.05) is 49.5 Å². The minimum atomic E-state index is -0.777. The van der Waals surface area contributed by atoms with Crippen LogP contribution in [0.1, 0.15) is 26.7 Å². The van der Waals surface area contributed by atoms with E-state index in [0.717, 1.165) is 24.5 Å². The molecule has 3 amide bonds. The standard InChI is InChI=1S/C19H28N4O4/c1-3-22(14-18(25)21-19(26)27-4-2)13-17(24)20-15-7-9-16(10-8-15)23-11-5-6-12-23/h7-10H,3-6,11-14H2,1-2H3,(H,20,24)(H,21,25,26). The van der Waals surface area contributed by atoms with E-state index in [-0.39, 0.29) is 25.6 Å². The number of anilines is 2. The van der Waals surface area contributed by atoms with Gasteiger partial charge in [0, 0.05) is 24.5 Å². The lowest BCUT2D eigenvalue weighted by atomic mass is 10.2. The zero-order chi connectivity index (χ0) is 19.6. The smallest absolute Gasteiger partial charge is 0.413 e. The number of nitrogens with one attached hydrogen (secondary N) is 2. The van der Waals surface area contributed by atoms with E-state index < -0.39 is 12.0 Å². The lowest BCUT2D eigenvalue weighted by molar-refractivity contribution is -0.122. The highest BCUT2D eigenvalue weighted by Gasteiger charge is 2.16. The van der Waals surface area contributed by atoms with Gasteiger partial charge in [0.25, 0.3) is 0 Å². The summed E-state index contributed by atoms with van der Waals surface area (Å²) < 4.78 is 4.66. The summed E-state index contributed by atoms with van der Waals surface area (Å²) in [6.45, 7) is 6.33. The van der Waals surface area contributed by atoms with Crippen LogP contribution in [0.2, 0.25) is 0 Å². The highest BCUT2D eigenvalue weighted by atomic mass is 16.5. The summed E-state index contributed by atoms with van der Waals surface area (Å²) in [6, 6.07) is 7.78. The van der Waals surface area contributed by atoms with Gasteiger partial charge in [0.1, 0.15) is 0 Å². The molecular weight excluding hydrogens is 348 g/mol. The van der Waals surface area contributed by atoms with E-state index in [1.807, 2.05) is 31.2 Å². The molecule has 0 aromatic heterocycles. The Labute approximate surface area is 159 Å². The van der Waals surface area contributed by atoms with Gasteiger partial charge < -0.3 is 15.0 Å². The number of carbonyl (C=O) groups excluding carboxylic acids is 3. The third-order valence-corrected chi connectivity index (χ3v) is 4.32. The molecule has 0 aliphatic carbocycles. The Balaban J connectivity index is 1.80. The molecule has 1 heterocycles. The van der Waals surface area contributed by atoms with Crippen molar-refractivity contribution in [2.45, 2.75) is 26.7 Å². The number of hydrogen-bond acceptors (Lipinski definition) is 6. The number of benzene rings is 1. The molecule has 0 bridgehead atoms. The highest BCUT2D eigenvalue weighted by molar-refractivity contribution is 5.94. The second-order valence-corrected chi connectivity index (χ2v) is 6.36. The Morgan fingerprint density at radius 2 is 1.67 bits per heavy atom. The fraction of sp³-hybridized carbons (Fsp3) is 0.526. The first-order valence-electron chi connectivity index (χ1n) is 9.35. The molecule has 0 radical (unpaired) electrons. The van der Waals surface area contributed by atoms with Crippen LogP contribution < -0.4 is 15.5 Å². The fourth-order valence-electron chi connectivity index (χ4n) is 2.94. The zero-order valence-corrected chi connectivity index (χ0v) is 16.0. The normalized spacial score (nSPS) is 13.5. The number of imide groups is 1. The number of amides is 3.